The fourth-order valence-corrected chi connectivity index (χ4v) is 3.63. The van der Waals surface area contributed by atoms with Gasteiger partial charge in [-0.05, 0) is 19.1 Å². The van der Waals surface area contributed by atoms with Crippen molar-refractivity contribution < 1.29 is 18.8 Å². The van der Waals surface area contributed by atoms with Gasteiger partial charge in [0.1, 0.15) is 5.82 Å². The van der Waals surface area contributed by atoms with Crippen LogP contribution in [0.25, 0.3) is 0 Å². The van der Waals surface area contributed by atoms with Gasteiger partial charge in [0.05, 0.1) is 17.8 Å². The standard InChI is InChI=1S/C24H19FN2O3/c1-14(15-7-4-5-11-19(15)25)26-13-21(28)27-20-12-6-10-18-22(20)24(30)17-9-3-2-8-16(17)23(18)29/h2-12,14,26H,13H2,1H3,(H,27,28). The van der Waals surface area contributed by atoms with Gasteiger partial charge in [0.25, 0.3) is 0 Å². The topological polar surface area (TPSA) is 75.3 Å². The molecule has 5 nitrogen and oxygen atoms in total. The van der Waals surface area contributed by atoms with E-state index < -0.39 is 5.91 Å². The zero-order valence-electron chi connectivity index (χ0n) is 16.2. The van der Waals surface area contributed by atoms with Gasteiger partial charge in [-0.2, -0.15) is 0 Å². The van der Waals surface area contributed by atoms with E-state index in [4.69, 9.17) is 0 Å². The second-order valence-electron chi connectivity index (χ2n) is 7.10. The molecule has 1 atom stereocenters. The van der Waals surface area contributed by atoms with Crippen LogP contribution in [-0.2, 0) is 4.79 Å². The number of rotatable bonds is 5. The lowest BCUT2D eigenvalue weighted by atomic mass is 9.83. The smallest absolute Gasteiger partial charge is 0.238 e. The third kappa shape index (κ3) is 3.53. The minimum atomic E-state index is -0.398. The van der Waals surface area contributed by atoms with Crippen molar-refractivity contribution in [1.82, 2.24) is 5.32 Å². The van der Waals surface area contributed by atoms with Gasteiger partial charge >= 0.3 is 0 Å². The Morgan fingerprint density at radius 3 is 2.23 bits per heavy atom. The van der Waals surface area contributed by atoms with Crippen molar-refractivity contribution in [3.8, 4) is 0 Å². The number of fused-ring (bicyclic) bond motifs is 2. The minimum Gasteiger partial charge on any atom is -0.324 e. The Morgan fingerprint density at radius 1 is 0.867 bits per heavy atom. The lowest BCUT2D eigenvalue weighted by Crippen LogP contribution is -2.31. The molecule has 3 aromatic rings. The fraction of sp³-hybridized carbons (Fsp3) is 0.125. The molecular formula is C24H19FN2O3. The minimum absolute atomic E-state index is 0.0854. The Hall–Kier alpha value is -3.64. The maximum Gasteiger partial charge on any atom is 0.238 e. The molecule has 3 aromatic carbocycles. The largest absolute Gasteiger partial charge is 0.324 e. The molecule has 0 aliphatic heterocycles. The number of hydrogen-bond acceptors (Lipinski definition) is 4. The van der Waals surface area contributed by atoms with Crippen molar-refractivity contribution in [3.05, 3.63) is 100 Å². The van der Waals surface area contributed by atoms with E-state index in [1.807, 2.05) is 0 Å². The van der Waals surface area contributed by atoms with Crippen molar-refractivity contribution in [3.63, 3.8) is 0 Å². The fourth-order valence-electron chi connectivity index (χ4n) is 3.63. The van der Waals surface area contributed by atoms with Crippen molar-refractivity contribution in [1.29, 1.82) is 0 Å². The van der Waals surface area contributed by atoms with Gasteiger partial charge in [-0.3, -0.25) is 14.4 Å². The Bertz CT molecular complexity index is 1170. The number of ketones is 2. The van der Waals surface area contributed by atoms with Crippen molar-refractivity contribution in [2.75, 3.05) is 11.9 Å². The highest BCUT2D eigenvalue weighted by atomic mass is 19.1. The van der Waals surface area contributed by atoms with E-state index in [2.05, 4.69) is 10.6 Å². The summed E-state index contributed by atoms with van der Waals surface area (Å²) in [5.41, 5.74) is 1.88. The highest BCUT2D eigenvalue weighted by Crippen LogP contribution is 2.31. The van der Waals surface area contributed by atoms with Gasteiger partial charge in [0.15, 0.2) is 11.6 Å². The summed E-state index contributed by atoms with van der Waals surface area (Å²) in [7, 11) is 0. The molecule has 1 aliphatic carbocycles. The van der Waals surface area contributed by atoms with Crippen LogP contribution in [0.3, 0.4) is 0 Å². The van der Waals surface area contributed by atoms with E-state index in [0.717, 1.165) is 0 Å². The first-order valence-electron chi connectivity index (χ1n) is 9.56. The normalized spacial score (nSPS) is 13.4. The molecule has 0 aromatic heterocycles. The van der Waals surface area contributed by atoms with Crippen molar-refractivity contribution in [2.24, 2.45) is 0 Å². The van der Waals surface area contributed by atoms with Gasteiger partial charge in [0, 0.05) is 28.3 Å². The SMILES string of the molecule is CC(NCC(=O)Nc1cccc2c1C(=O)c1ccccc1C2=O)c1ccccc1F. The molecule has 0 fully saturated rings. The predicted octanol–water partition coefficient (Wildman–Crippen LogP) is 3.89. The molecule has 4 rings (SSSR count). The molecule has 1 aliphatic rings. The van der Waals surface area contributed by atoms with E-state index in [1.165, 1.54) is 6.07 Å². The number of amides is 1. The number of carbonyl (C=O) groups is 3. The average Bonchev–Trinajstić information content (AvgIpc) is 2.76. The first kappa shape index (κ1) is 19.7. The first-order chi connectivity index (χ1) is 14.5. The van der Waals surface area contributed by atoms with Crippen LogP contribution in [0.1, 0.15) is 50.4 Å². The summed E-state index contributed by atoms with van der Waals surface area (Å²) in [6.45, 7) is 1.67. The second kappa shape index (κ2) is 8.00. The van der Waals surface area contributed by atoms with Gasteiger partial charge in [-0.15, -0.1) is 0 Å². The number of benzene rings is 3. The molecule has 1 unspecified atom stereocenters. The molecule has 0 saturated carbocycles. The van der Waals surface area contributed by atoms with E-state index in [-0.39, 0.29) is 46.8 Å². The monoisotopic (exact) mass is 402 g/mol. The summed E-state index contributed by atoms with van der Waals surface area (Å²) in [4.78, 5) is 38.3. The predicted molar refractivity (Wildman–Crippen MR) is 111 cm³/mol. The van der Waals surface area contributed by atoms with Crippen LogP contribution in [0.5, 0.6) is 0 Å². The van der Waals surface area contributed by atoms with E-state index >= 15 is 0 Å². The summed E-state index contributed by atoms with van der Waals surface area (Å²) < 4.78 is 13.9. The number of hydrogen-bond donors (Lipinski definition) is 2. The third-order valence-electron chi connectivity index (χ3n) is 5.17. The molecule has 0 saturated heterocycles. The molecule has 0 heterocycles. The maximum atomic E-state index is 13.9. The molecule has 150 valence electrons. The highest BCUT2D eigenvalue weighted by Gasteiger charge is 2.31. The van der Waals surface area contributed by atoms with Gasteiger partial charge in [0.2, 0.25) is 5.91 Å². The zero-order chi connectivity index (χ0) is 21.3. The molecule has 0 radical (unpaired) electrons. The molecule has 0 bridgehead atoms. The molecule has 2 N–H and O–H groups in total. The Balaban J connectivity index is 1.52. The van der Waals surface area contributed by atoms with Crippen LogP contribution >= 0.6 is 0 Å². The summed E-state index contributed by atoms with van der Waals surface area (Å²) >= 11 is 0. The summed E-state index contributed by atoms with van der Waals surface area (Å²) in [6.07, 6.45) is 0. The van der Waals surface area contributed by atoms with Crippen molar-refractivity contribution >= 4 is 23.2 Å². The van der Waals surface area contributed by atoms with Crippen LogP contribution < -0.4 is 10.6 Å². The maximum absolute atomic E-state index is 13.9. The number of anilines is 1. The summed E-state index contributed by atoms with van der Waals surface area (Å²) in [5, 5.41) is 5.68. The number of nitrogens with one attached hydrogen (secondary N) is 2. The van der Waals surface area contributed by atoms with Gasteiger partial charge < -0.3 is 10.6 Å². The van der Waals surface area contributed by atoms with Crippen LogP contribution in [-0.4, -0.2) is 24.0 Å². The number of halogens is 1. The summed E-state index contributed by atoms with van der Waals surface area (Å²) in [5.74, 6) is -1.30. The third-order valence-corrected chi connectivity index (χ3v) is 5.17. The lowest BCUT2D eigenvalue weighted by Gasteiger charge is -2.20. The molecular weight excluding hydrogens is 383 g/mol. The highest BCUT2D eigenvalue weighted by molar-refractivity contribution is 6.30. The van der Waals surface area contributed by atoms with E-state index in [1.54, 1.807) is 67.6 Å². The van der Waals surface area contributed by atoms with Crippen LogP contribution in [0, 0.1) is 5.82 Å². The second-order valence-corrected chi connectivity index (χ2v) is 7.10. The molecule has 0 spiro atoms. The van der Waals surface area contributed by atoms with E-state index in [0.29, 0.717) is 16.7 Å². The average molecular weight is 402 g/mol. The van der Waals surface area contributed by atoms with Crippen LogP contribution in [0.4, 0.5) is 10.1 Å². The molecule has 6 heteroatoms. The lowest BCUT2D eigenvalue weighted by molar-refractivity contribution is -0.115. The Kier molecular flexibility index (Phi) is 5.25. The van der Waals surface area contributed by atoms with Gasteiger partial charge in [-0.25, -0.2) is 4.39 Å². The number of carbonyl (C=O) groups excluding carboxylic acids is 3. The van der Waals surface area contributed by atoms with Gasteiger partial charge in [-0.1, -0.05) is 54.6 Å². The first-order valence-corrected chi connectivity index (χ1v) is 9.56. The van der Waals surface area contributed by atoms with Crippen LogP contribution in [0.2, 0.25) is 0 Å². The molecule has 30 heavy (non-hydrogen) atoms. The van der Waals surface area contributed by atoms with Crippen LogP contribution in [0.15, 0.2) is 66.7 Å². The Labute approximate surface area is 172 Å². The van der Waals surface area contributed by atoms with Crippen molar-refractivity contribution in [2.45, 2.75) is 13.0 Å². The zero-order valence-corrected chi connectivity index (χ0v) is 16.2. The summed E-state index contributed by atoms with van der Waals surface area (Å²) in [6, 6.07) is 17.4. The molecule has 1 amide bonds. The Morgan fingerprint density at radius 2 is 1.50 bits per heavy atom. The van der Waals surface area contributed by atoms with E-state index in [9.17, 15) is 18.8 Å². The quantitative estimate of drug-likeness (QED) is 0.531.